The monoisotopic (exact) mass is 1010 g/mol. The molecular weight excluding hydrogens is 887 g/mol. The van der Waals surface area contributed by atoms with Gasteiger partial charge in [0.15, 0.2) is 0 Å². The Morgan fingerprint density at radius 3 is 1.01 bits per heavy atom. The van der Waals surface area contributed by atoms with Crippen LogP contribution in [0, 0.1) is 0 Å². The van der Waals surface area contributed by atoms with E-state index in [-0.39, 0.29) is 18.5 Å². The lowest BCUT2D eigenvalue weighted by molar-refractivity contribution is -0.143. The molecule has 0 aromatic heterocycles. The number of hydrogen-bond donors (Lipinski definition) is 3. The Balaban J connectivity index is 3.33. The number of allylic oxidation sites excluding steroid dienone is 4. The molecule has 0 aromatic rings. The lowest BCUT2D eigenvalue weighted by Gasteiger charge is -2.22. The van der Waals surface area contributed by atoms with E-state index in [0.717, 1.165) is 44.9 Å². The summed E-state index contributed by atoms with van der Waals surface area (Å²) < 4.78 is 5.47. The van der Waals surface area contributed by atoms with Gasteiger partial charge in [0.05, 0.1) is 25.4 Å². The fraction of sp³-hybridized carbons (Fsp3) is 0.909. The summed E-state index contributed by atoms with van der Waals surface area (Å²) >= 11 is 0. The summed E-state index contributed by atoms with van der Waals surface area (Å²) in [4.78, 5) is 24.5. The summed E-state index contributed by atoms with van der Waals surface area (Å²) in [5, 5.41) is 23.2. The fourth-order valence-corrected chi connectivity index (χ4v) is 10.2. The number of rotatable bonds is 61. The van der Waals surface area contributed by atoms with Gasteiger partial charge >= 0.3 is 5.97 Å². The smallest absolute Gasteiger partial charge is 0.305 e. The molecule has 0 saturated carbocycles. The van der Waals surface area contributed by atoms with Crippen LogP contribution in [0.1, 0.15) is 361 Å². The van der Waals surface area contributed by atoms with E-state index in [1.54, 1.807) is 0 Å². The maximum Gasteiger partial charge on any atom is 0.305 e. The molecule has 0 aliphatic heterocycles. The van der Waals surface area contributed by atoms with Gasteiger partial charge in [-0.15, -0.1) is 0 Å². The van der Waals surface area contributed by atoms with E-state index in [1.165, 1.54) is 283 Å². The molecule has 0 radical (unpaired) electrons. The first kappa shape index (κ1) is 70.3. The summed E-state index contributed by atoms with van der Waals surface area (Å²) in [6.07, 6.45) is 76.5. The molecule has 0 rings (SSSR count). The van der Waals surface area contributed by atoms with Crippen molar-refractivity contribution in [1.29, 1.82) is 0 Å². The number of hydrogen-bond acceptors (Lipinski definition) is 5. The van der Waals surface area contributed by atoms with Crippen LogP contribution < -0.4 is 5.32 Å². The number of nitrogens with one attached hydrogen (secondary N) is 1. The number of amides is 1. The lowest BCUT2D eigenvalue weighted by atomic mass is 10.0. The minimum absolute atomic E-state index is 0.00826. The number of unbranched alkanes of at least 4 members (excludes halogenated alkanes) is 46. The maximum absolute atomic E-state index is 12.5. The van der Waals surface area contributed by atoms with Crippen molar-refractivity contribution in [1.82, 2.24) is 5.32 Å². The number of carbonyl (C=O) groups is 2. The van der Waals surface area contributed by atoms with Gasteiger partial charge in [0.1, 0.15) is 0 Å². The summed E-state index contributed by atoms with van der Waals surface area (Å²) in [5.74, 6) is -0.0237. The highest BCUT2D eigenvalue weighted by Crippen LogP contribution is 2.18. The topological polar surface area (TPSA) is 95.9 Å². The predicted octanol–water partition coefficient (Wildman–Crippen LogP) is 20.6. The standard InChI is InChI=1S/C66H127NO5/c1-3-5-7-9-11-13-15-40-44-48-52-56-60-66(71)72-61-57-53-49-45-41-37-35-33-31-29-27-25-23-21-19-17-16-18-20-22-24-26-28-30-32-34-36-39-43-47-51-55-59-65(70)67-63(62-68)64(69)58-54-50-46-42-38-14-12-10-8-6-4-2/h11,13,19,21,63-64,68-69H,3-10,12,14-18,20,22-62H2,1-2H3,(H,67,70)/b13-11-,21-19-. The normalized spacial score (nSPS) is 12.7. The Labute approximate surface area is 450 Å². The molecule has 0 aliphatic rings. The zero-order valence-corrected chi connectivity index (χ0v) is 48.7. The molecule has 0 saturated heterocycles. The lowest BCUT2D eigenvalue weighted by Crippen LogP contribution is -2.45. The van der Waals surface area contributed by atoms with E-state index in [0.29, 0.717) is 25.9 Å². The van der Waals surface area contributed by atoms with Crippen molar-refractivity contribution in [2.75, 3.05) is 13.2 Å². The Morgan fingerprint density at radius 1 is 0.375 bits per heavy atom. The number of aliphatic hydroxyl groups excluding tert-OH is 2. The highest BCUT2D eigenvalue weighted by Gasteiger charge is 2.20. The van der Waals surface area contributed by atoms with Crippen molar-refractivity contribution in [2.24, 2.45) is 0 Å². The van der Waals surface area contributed by atoms with Crippen LogP contribution in [0.2, 0.25) is 0 Å². The van der Waals surface area contributed by atoms with Crippen molar-refractivity contribution in [2.45, 2.75) is 373 Å². The summed E-state index contributed by atoms with van der Waals surface area (Å²) in [6, 6.07) is -0.537. The molecule has 72 heavy (non-hydrogen) atoms. The molecule has 0 fully saturated rings. The van der Waals surface area contributed by atoms with E-state index in [1.807, 2.05) is 0 Å². The van der Waals surface area contributed by atoms with Crippen LogP contribution in [0.4, 0.5) is 0 Å². The molecule has 1 amide bonds. The van der Waals surface area contributed by atoms with Gasteiger partial charge in [0.2, 0.25) is 5.91 Å². The van der Waals surface area contributed by atoms with E-state index in [2.05, 4.69) is 43.5 Å². The molecule has 0 heterocycles. The van der Waals surface area contributed by atoms with Gasteiger partial charge in [-0.05, 0) is 77.0 Å². The maximum atomic E-state index is 12.5. The zero-order valence-electron chi connectivity index (χ0n) is 48.7. The summed E-state index contributed by atoms with van der Waals surface area (Å²) in [5.41, 5.74) is 0. The van der Waals surface area contributed by atoms with Gasteiger partial charge in [0.25, 0.3) is 0 Å². The number of esters is 1. The second kappa shape index (κ2) is 61.9. The first-order valence-corrected chi connectivity index (χ1v) is 32.6. The van der Waals surface area contributed by atoms with Crippen LogP contribution in [0.3, 0.4) is 0 Å². The van der Waals surface area contributed by atoms with Crippen molar-refractivity contribution in [3.8, 4) is 0 Å². The third kappa shape index (κ3) is 57.6. The average Bonchev–Trinajstić information content (AvgIpc) is 3.38. The molecule has 2 unspecified atom stereocenters. The predicted molar refractivity (Wildman–Crippen MR) is 315 cm³/mol. The first-order chi connectivity index (χ1) is 35.5. The largest absolute Gasteiger partial charge is 0.466 e. The van der Waals surface area contributed by atoms with Crippen molar-refractivity contribution < 1.29 is 24.5 Å². The molecule has 3 N–H and O–H groups in total. The molecule has 6 nitrogen and oxygen atoms in total. The van der Waals surface area contributed by atoms with Crippen LogP contribution in [0.15, 0.2) is 24.3 Å². The first-order valence-electron chi connectivity index (χ1n) is 32.6. The van der Waals surface area contributed by atoms with E-state index < -0.39 is 12.1 Å². The minimum Gasteiger partial charge on any atom is -0.466 e. The quantitative estimate of drug-likeness (QED) is 0.0320. The SMILES string of the molecule is CCCCC/C=C\CCCCCCCC(=O)OCCCCCCCCCCCCCC/C=C\CCCCCCCCCCCCCCCCCCC(=O)NC(CO)C(O)CCCCCCCCCCCCC. The van der Waals surface area contributed by atoms with E-state index >= 15 is 0 Å². The third-order valence-electron chi connectivity index (χ3n) is 15.2. The Bertz CT molecular complexity index is 1120. The van der Waals surface area contributed by atoms with Crippen LogP contribution in [0.25, 0.3) is 0 Å². The molecule has 6 heteroatoms. The minimum atomic E-state index is -0.660. The number of aliphatic hydroxyl groups is 2. The molecule has 0 bridgehead atoms. The van der Waals surface area contributed by atoms with E-state index in [9.17, 15) is 19.8 Å². The van der Waals surface area contributed by atoms with Crippen LogP contribution in [-0.4, -0.2) is 47.4 Å². The number of ether oxygens (including phenoxy) is 1. The van der Waals surface area contributed by atoms with Crippen molar-refractivity contribution in [3.05, 3.63) is 24.3 Å². The van der Waals surface area contributed by atoms with Gasteiger partial charge < -0.3 is 20.3 Å². The zero-order chi connectivity index (χ0) is 52.2. The van der Waals surface area contributed by atoms with Gasteiger partial charge in [-0.3, -0.25) is 9.59 Å². The van der Waals surface area contributed by atoms with Crippen LogP contribution in [0.5, 0.6) is 0 Å². The molecule has 0 spiro atoms. The molecule has 2 atom stereocenters. The molecular formula is C66H127NO5. The molecule has 0 aliphatic carbocycles. The van der Waals surface area contributed by atoms with Crippen molar-refractivity contribution in [3.63, 3.8) is 0 Å². The Hall–Kier alpha value is -1.66. The highest BCUT2D eigenvalue weighted by molar-refractivity contribution is 5.76. The van der Waals surface area contributed by atoms with Crippen molar-refractivity contribution >= 4 is 11.9 Å². The highest BCUT2D eigenvalue weighted by atomic mass is 16.5. The summed E-state index contributed by atoms with van der Waals surface area (Å²) in [6.45, 7) is 4.94. The fourth-order valence-electron chi connectivity index (χ4n) is 10.2. The second-order valence-corrected chi connectivity index (χ2v) is 22.4. The molecule has 0 aromatic carbocycles. The van der Waals surface area contributed by atoms with Gasteiger partial charge in [-0.25, -0.2) is 0 Å². The van der Waals surface area contributed by atoms with Crippen LogP contribution in [-0.2, 0) is 14.3 Å². The van der Waals surface area contributed by atoms with Gasteiger partial charge in [0, 0.05) is 12.8 Å². The number of carbonyl (C=O) groups excluding carboxylic acids is 2. The second-order valence-electron chi connectivity index (χ2n) is 22.4. The third-order valence-corrected chi connectivity index (χ3v) is 15.2. The summed E-state index contributed by atoms with van der Waals surface area (Å²) in [7, 11) is 0. The Morgan fingerprint density at radius 2 is 0.653 bits per heavy atom. The van der Waals surface area contributed by atoms with Gasteiger partial charge in [-0.2, -0.15) is 0 Å². The van der Waals surface area contributed by atoms with E-state index in [4.69, 9.17) is 4.74 Å². The van der Waals surface area contributed by atoms with Gasteiger partial charge in [-0.1, -0.05) is 295 Å². The average molecular weight is 1010 g/mol. The molecule has 426 valence electrons. The van der Waals surface area contributed by atoms with Crippen LogP contribution >= 0.6 is 0 Å². The Kier molecular flexibility index (Phi) is 60.5.